The van der Waals surface area contributed by atoms with Crippen molar-refractivity contribution in [3.8, 4) is 0 Å². The molecule has 3 heterocycles. The lowest BCUT2D eigenvalue weighted by molar-refractivity contribution is -0.116. The molecule has 7 heteroatoms. The Bertz CT molecular complexity index is 1160. The quantitative estimate of drug-likeness (QED) is 0.617. The second kappa shape index (κ2) is 9.11. The van der Waals surface area contributed by atoms with Gasteiger partial charge in [-0.05, 0) is 49.4 Å². The molecule has 3 aromatic rings. The molecule has 33 heavy (non-hydrogen) atoms. The summed E-state index contributed by atoms with van der Waals surface area (Å²) in [5.41, 5.74) is 6.28. The zero-order valence-corrected chi connectivity index (χ0v) is 19.2. The molecule has 0 aliphatic carbocycles. The zero-order chi connectivity index (χ0) is 22.8. The fraction of sp³-hybridized carbons (Fsp3) is 0.308. The van der Waals surface area contributed by atoms with E-state index in [1.54, 1.807) is 13.1 Å². The predicted octanol–water partition coefficient (Wildman–Crippen LogP) is 4.23. The predicted molar refractivity (Wildman–Crippen MR) is 135 cm³/mol. The average Bonchev–Trinajstić information content (AvgIpc) is 3.26. The highest BCUT2D eigenvalue weighted by atomic mass is 16.2. The summed E-state index contributed by atoms with van der Waals surface area (Å²) in [6, 6.07) is 18.6. The van der Waals surface area contributed by atoms with Crippen LogP contribution in [-0.2, 0) is 11.2 Å². The average molecular weight is 443 g/mol. The van der Waals surface area contributed by atoms with Crippen LogP contribution in [0, 0.1) is 0 Å². The van der Waals surface area contributed by atoms with Crippen LogP contribution in [0.15, 0.2) is 60.8 Å². The van der Waals surface area contributed by atoms with E-state index in [1.807, 2.05) is 29.2 Å². The Morgan fingerprint density at radius 3 is 2.52 bits per heavy atom. The lowest BCUT2D eigenvalue weighted by Crippen LogP contribution is -2.44. The molecule has 0 spiro atoms. The van der Waals surface area contributed by atoms with Crippen LogP contribution in [0.3, 0.4) is 0 Å². The minimum absolute atomic E-state index is 0.0697. The minimum atomic E-state index is 0.0697. The number of carbonyl (C=O) groups is 1. The molecule has 2 N–H and O–H groups in total. The van der Waals surface area contributed by atoms with E-state index in [0.717, 1.165) is 67.7 Å². The number of amides is 1. The van der Waals surface area contributed by atoms with E-state index >= 15 is 0 Å². The normalized spacial score (nSPS) is 15.9. The van der Waals surface area contributed by atoms with Gasteiger partial charge in [-0.3, -0.25) is 4.79 Å². The molecule has 1 saturated heterocycles. The summed E-state index contributed by atoms with van der Waals surface area (Å²) in [5, 5.41) is 6.94. The summed E-state index contributed by atoms with van der Waals surface area (Å²) < 4.78 is 0. The molecule has 0 bridgehead atoms. The van der Waals surface area contributed by atoms with Gasteiger partial charge in [0.25, 0.3) is 0 Å². The topological polar surface area (TPSA) is 63.7 Å². The van der Waals surface area contributed by atoms with Crippen LogP contribution in [0.2, 0.25) is 0 Å². The Balaban J connectivity index is 1.33. The summed E-state index contributed by atoms with van der Waals surface area (Å²) in [5.74, 6) is 0.840. The molecule has 1 amide bonds. The third-order valence-electron chi connectivity index (χ3n) is 6.40. The Hall–Kier alpha value is -3.58. The molecule has 0 saturated carbocycles. The summed E-state index contributed by atoms with van der Waals surface area (Å²) in [4.78, 5) is 23.2. The lowest BCUT2D eigenvalue weighted by Gasteiger charge is -2.34. The van der Waals surface area contributed by atoms with Gasteiger partial charge in [-0.25, -0.2) is 4.98 Å². The first-order valence-electron chi connectivity index (χ1n) is 11.5. The number of carbonyl (C=O) groups excluding carboxylic acids is 1. The number of piperazine rings is 1. The molecular weight excluding hydrogens is 412 g/mol. The molecular formula is C26H30N6O. The van der Waals surface area contributed by atoms with Crippen molar-refractivity contribution in [2.75, 3.05) is 60.2 Å². The van der Waals surface area contributed by atoms with Crippen molar-refractivity contribution < 1.29 is 4.79 Å². The van der Waals surface area contributed by atoms with Crippen molar-refractivity contribution in [1.29, 1.82) is 0 Å². The standard InChI is InChI=1S/C26H30N6O/c1-19(33)32-12-10-20-5-3-8-24(26(20)32)28-22-9-11-27-25(18-22)29-21-6-4-7-23(17-21)31-15-13-30(2)14-16-31/h3-9,11,17-18H,10,12-16H2,1-2H3,(H2,27,28,29). The van der Waals surface area contributed by atoms with Crippen LogP contribution in [0.1, 0.15) is 12.5 Å². The van der Waals surface area contributed by atoms with Crippen molar-refractivity contribution in [3.63, 3.8) is 0 Å². The van der Waals surface area contributed by atoms with Gasteiger partial charge < -0.3 is 25.3 Å². The number of rotatable bonds is 5. The van der Waals surface area contributed by atoms with E-state index in [-0.39, 0.29) is 5.91 Å². The van der Waals surface area contributed by atoms with Crippen LogP contribution in [0.4, 0.5) is 34.3 Å². The monoisotopic (exact) mass is 442 g/mol. The third-order valence-corrected chi connectivity index (χ3v) is 6.40. The summed E-state index contributed by atoms with van der Waals surface area (Å²) in [6.45, 7) is 6.59. The highest BCUT2D eigenvalue weighted by molar-refractivity contribution is 5.98. The molecule has 0 radical (unpaired) electrons. The number of hydrogen-bond donors (Lipinski definition) is 2. The van der Waals surface area contributed by atoms with E-state index in [4.69, 9.17) is 0 Å². The van der Waals surface area contributed by atoms with Crippen molar-refractivity contribution in [2.45, 2.75) is 13.3 Å². The number of nitrogens with zero attached hydrogens (tertiary/aromatic N) is 4. The number of aromatic nitrogens is 1. The van der Waals surface area contributed by atoms with E-state index in [2.05, 4.69) is 62.8 Å². The third kappa shape index (κ3) is 4.64. The molecule has 2 aliphatic heterocycles. The van der Waals surface area contributed by atoms with Gasteiger partial charge >= 0.3 is 0 Å². The largest absolute Gasteiger partial charge is 0.369 e. The van der Waals surface area contributed by atoms with Crippen molar-refractivity contribution in [2.24, 2.45) is 0 Å². The smallest absolute Gasteiger partial charge is 0.223 e. The van der Waals surface area contributed by atoms with Gasteiger partial charge in [0.2, 0.25) is 5.91 Å². The Morgan fingerprint density at radius 2 is 1.70 bits per heavy atom. The van der Waals surface area contributed by atoms with Crippen molar-refractivity contribution in [3.05, 3.63) is 66.4 Å². The molecule has 2 aliphatic rings. The van der Waals surface area contributed by atoms with Crippen LogP contribution in [0.5, 0.6) is 0 Å². The van der Waals surface area contributed by atoms with Gasteiger partial charge in [0.1, 0.15) is 5.82 Å². The minimum Gasteiger partial charge on any atom is -0.369 e. The van der Waals surface area contributed by atoms with Crippen LogP contribution in [-0.4, -0.2) is 55.6 Å². The first kappa shape index (κ1) is 21.3. The van der Waals surface area contributed by atoms with Crippen molar-refractivity contribution >= 4 is 40.2 Å². The van der Waals surface area contributed by atoms with E-state index in [9.17, 15) is 4.79 Å². The second-order valence-electron chi connectivity index (χ2n) is 8.75. The maximum atomic E-state index is 12.1. The van der Waals surface area contributed by atoms with Gasteiger partial charge in [-0.2, -0.15) is 0 Å². The number of pyridine rings is 1. The number of nitrogens with one attached hydrogen (secondary N) is 2. The molecule has 2 aromatic carbocycles. The Kier molecular flexibility index (Phi) is 5.88. The lowest BCUT2D eigenvalue weighted by atomic mass is 10.1. The number of para-hydroxylation sites is 1. The fourth-order valence-electron chi connectivity index (χ4n) is 4.60. The van der Waals surface area contributed by atoms with Crippen LogP contribution >= 0.6 is 0 Å². The number of anilines is 6. The second-order valence-corrected chi connectivity index (χ2v) is 8.75. The summed E-state index contributed by atoms with van der Waals surface area (Å²) in [6.07, 6.45) is 2.68. The fourth-order valence-corrected chi connectivity index (χ4v) is 4.60. The van der Waals surface area contributed by atoms with Gasteiger partial charge in [0.05, 0.1) is 11.4 Å². The maximum absolute atomic E-state index is 12.1. The number of benzene rings is 2. The first-order valence-corrected chi connectivity index (χ1v) is 11.5. The van der Waals surface area contributed by atoms with Crippen molar-refractivity contribution in [1.82, 2.24) is 9.88 Å². The molecule has 5 rings (SSSR count). The van der Waals surface area contributed by atoms with E-state index in [1.165, 1.54) is 11.3 Å². The van der Waals surface area contributed by atoms with Crippen LogP contribution < -0.4 is 20.4 Å². The first-order chi connectivity index (χ1) is 16.1. The molecule has 1 fully saturated rings. The van der Waals surface area contributed by atoms with E-state index < -0.39 is 0 Å². The number of fused-ring (bicyclic) bond motifs is 1. The summed E-state index contributed by atoms with van der Waals surface area (Å²) >= 11 is 0. The number of likely N-dealkylation sites (N-methyl/N-ethyl adjacent to an activating group) is 1. The Morgan fingerprint density at radius 1 is 0.909 bits per heavy atom. The Labute approximate surface area is 195 Å². The zero-order valence-electron chi connectivity index (χ0n) is 19.2. The molecule has 170 valence electrons. The molecule has 0 unspecified atom stereocenters. The van der Waals surface area contributed by atoms with Crippen LogP contribution in [0.25, 0.3) is 0 Å². The van der Waals surface area contributed by atoms with E-state index in [0.29, 0.717) is 0 Å². The maximum Gasteiger partial charge on any atom is 0.223 e. The molecule has 7 nitrogen and oxygen atoms in total. The van der Waals surface area contributed by atoms with Gasteiger partial charge in [0, 0.05) is 69.0 Å². The molecule has 1 aromatic heterocycles. The number of hydrogen-bond acceptors (Lipinski definition) is 6. The van der Waals surface area contributed by atoms with Gasteiger partial charge in [-0.1, -0.05) is 18.2 Å². The highest BCUT2D eigenvalue weighted by Gasteiger charge is 2.25. The molecule has 0 atom stereocenters. The highest BCUT2D eigenvalue weighted by Crippen LogP contribution is 2.37. The SMILES string of the molecule is CC(=O)N1CCc2cccc(Nc3ccnc(Nc4cccc(N5CCN(C)CC5)c4)c3)c21. The van der Waals surface area contributed by atoms with Gasteiger partial charge in [0.15, 0.2) is 0 Å². The summed E-state index contributed by atoms with van der Waals surface area (Å²) in [7, 11) is 2.17. The van der Waals surface area contributed by atoms with Gasteiger partial charge in [-0.15, -0.1) is 0 Å².